The maximum absolute atomic E-state index is 4.87. The van der Waals surface area contributed by atoms with E-state index in [1.807, 2.05) is 18.3 Å². The standard InChI is InChI=1S/C23H30N8/c1-4-14-30-21-19(27-23(30)31-15-8-12-26-31)20(25-16-17(2)3)28-22(29-21)24-13-11-18-9-6-5-7-10-18/h5-10,12,15,17H,4,11,13-14,16H2,1-3H3,(H2,24,25,28,29). The van der Waals surface area contributed by atoms with Gasteiger partial charge in [-0.2, -0.15) is 15.1 Å². The molecule has 31 heavy (non-hydrogen) atoms. The average Bonchev–Trinajstić information content (AvgIpc) is 3.42. The van der Waals surface area contributed by atoms with Gasteiger partial charge in [0.25, 0.3) is 0 Å². The molecule has 0 bridgehead atoms. The van der Waals surface area contributed by atoms with E-state index in [0.717, 1.165) is 55.4 Å². The zero-order valence-corrected chi connectivity index (χ0v) is 18.4. The molecule has 0 unspecified atom stereocenters. The molecule has 162 valence electrons. The first-order valence-corrected chi connectivity index (χ1v) is 11.0. The molecular formula is C23H30N8. The summed E-state index contributed by atoms with van der Waals surface area (Å²) in [4.78, 5) is 14.5. The van der Waals surface area contributed by atoms with Gasteiger partial charge < -0.3 is 10.6 Å². The van der Waals surface area contributed by atoms with Gasteiger partial charge in [0.1, 0.15) is 0 Å². The van der Waals surface area contributed by atoms with Crippen molar-refractivity contribution in [3.63, 3.8) is 0 Å². The molecule has 3 heterocycles. The maximum Gasteiger partial charge on any atom is 0.233 e. The number of fused-ring (bicyclic) bond motifs is 1. The maximum atomic E-state index is 4.87. The number of aryl methyl sites for hydroxylation is 1. The predicted molar refractivity (Wildman–Crippen MR) is 125 cm³/mol. The number of rotatable bonds is 10. The van der Waals surface area contributed by atoms with Crippen LogP contribution in [0.4, 0.5) is 11.8 Å². The molecule has 3 aromatic heterocycles. The van der Waals surface area contributed by atoms with Crippen molar-refractivity contribution in [1.82, 2.24) is 29.3 Å². The molecule has 8 heteroatoms. The SMILES string of the molecule is CCCn1c(-n2cccn2)nc2c(NCC(C)C)nc(NCCc3ccccc3)nc21. The minimum atomic E-state index is 0.489. The Labute approximate surface area is 182 Å². The Morgan fingerprint density at radius 2 is 1.84 bits per heavy atom. The summed E-state index contributed by atoms with van der Waals surface area (Å²) < 4.78 is 3.90. The van der Waals surface area contributed by atoms with Crippen LogP contribution in [0.2, 0.25) is 0 Å². The molecule has 0 saturated carbocycles. The molecule has 0 atom stereocenters. The number of hydrogen-bond donors (Lipinski definition) is 2. The quantitative estimate of drug-likeness (QED) is 0.402. The minimum Gasteiger partial charge on any atom is -0.368 e. The van der Waals surface area contributed by atoms with E-state index in [-0.39, 0.29) is 0 Å². The Balaban J connectivity index is 1.69. The van der Waals surface area contributed by atoms with Gasteiger partial charge in [0.15, 0.2) is 17.0 Å². The van der Waals surface area contributed by atoms with Gasteiger partial charge in [0.2, 0.25) is 11.9 Å². The molecule has 0 aliphatic carbocycles. The number of imidazole rings is 1. The molecule has 0 radical (unpaired) electrons. The Bertz CT molecular complexity index is 1100. The van der Waals surface area contributed by atoms with Gasteiger partial charge >= 0.3 is 0 Å². The molecule has 0 aliphatic rings. The average molecular weight is 419 g/mol. The molecule has 0 amide bonds. The summed E-state index contributed by atoms with van der Waals surface area (Å²) in [6, 6.07) is 12.3. The monoisotopic (exact) mass is 418 g/mol. The van der Waals surface area contributed by atoms with Crippen molar-refractivity contribution in [2.45, 2.75) is 40.2 Å². The van der Waals surface area contributed by atoms with Gasteiger partial charge in [-0.25, -0.2) is 9.67 Å². The third-order valence-electron chi connectivity index (χ3n) is 4.95. The molecular weight excluding hydrogens is 388 g/mol. The number of aromatic nitrogens is 6. The summed E-state index contributed by atoms with van der Waals surface area (Å²) in [6.07, 6.45) is 5.54. The van der Waals surface area contributed by atoms with Gasteiger partial charge in [0, 0.05) is 32.0 Å². The van der Waals surface area contributed by atoms with Crippen LogP contribution < -0.4 is 10.6 Å². The second kappa shape index (κ2) is 9.59. The number of benzene rings is 1. The largest absolute Gasteiger partial charge is 0.368 e. The van der Waals surface area contributed by atoms with E-state index in [0.29, 0.717) is 11.9 Å². The second-order valence-corrected chi connectivity index (χ2v) is 8.02. The highest BCUT2D eigenvalue weighted by molar-refractivity contribution is 5.85. The van der Waals surface area contributed by atoms with E-state index in [1.54, 1.807) is 10.9 Å². The molecule has 8 nitrogen and oxygen atoms in total. The van der Waals surface area contributed by atoms with Crippen molar-refractivity contribution in [2.75, 3.05) is 23.7 Å². The van der Waals surface area contributed by atoms with Crippen LogP contribution >= 0.6 is 0 Å². The highest BCUT2D eigenvalue weighted by Crippen LogP contribution is 2.25. The van der Waals surface area contributed by atoms with E-state index >= 15 is 0 Å². The third kappa shape index (κ3) is 4.84. The molecule has 0 fully saturated rings. The number of hydrogen-bond acceptors (Lipinski definition) is 6. The fraction of sp³-hybridized carbons (Fsp3) is 0.391. The third-order valence-corrected chi connectivity index (χ3v) is 4.95. The summed E-state index contributed by atoms with van der Waals surface area (Å²) in [5.41, 5.74) is 2.87. The van der Waals surface area contributed by atoms with Crippen molar-refractivity contribution in [3.8, 4) is 5.95 Å². The lowest BCUT2D eigenvalue weighted by Crippen LogP contribution is -2.13. The fourth-order valence-corrected chi connectivity index (χ4v) is 3.45. The van der Waals surface area contributed by atoms with Crippen molar-refractivity contribution < 1.29 is 0 Å². The topological polar surface area (TPSA) is 85.5 Å². The number of nitrogens with zero attached hydrogens (tertiary/aromatic N) is 6. The second-order valence-electron chi connectivity index (χ2n) is 8.02. The van der Waals surface area contributed by atoms with E-state index in [1.165, 1.54) is 5.56 Å². The van der Waals surface area contributed by atoms with E-state index in [4.69, 9.17) is 15.0 Å². The molecule has 0 saturated heterocycles. The van der Waals surface area contributed by atoms with Crippen LogP contribution in [0.5, 0.6) is 0 Å². The zero-order chi connectivity index (χ0) is 21.6. The van der Waals surface area contributed by atoms with E-state index in [9.17, 15) is 0 Å². The molecule has 1 aromatic carbocycles. The van der Waals surface area contributed by atoms with Crippen LogP contribution in [0.15, 0.2) is 48.8 Å². The lowest BCUT2D eigenvalue weighted by Gasteiger charge is -2.12. The highest BCUT2D eigenvalue weighted by atomic mass is 15.4. The summed E-state index contributed by atoms with van der Waals surface area (Å²) >= 11 is 0. The van der Waals surface area contributed by atoms with Crippen LogP contribution in [0.3, 0.4) is 0 Å². The van der Waals surface area contributed by atoms with Crippen molar-refractivity contribution in [2.24, 2.45) is 5.92 Å². The van der Waals surface area contributed by atoms with Gasteiger partial charge in [-0.05, 0) is 30.4 Å². The first-order valence-electron chi connectivity index (χ1n) is 11.0. The Morgan fingerprint density at radius 1 is 1.00 bits per heavy atom. The Hall–Kier alpha value is -3.42. The lowest BCUT2D eigenvalue weighted by molar-refractivity contribution is 0.647. The molecule has 4 rings (SSSR count). The molecule has 0 spiro atoms. The van der Waals surface area contributed by atoms with Gasteiger partial charge in [-0.1, -0.05) is 51.1 Å². The Kier molecular flexibility index (Phi) is 6.45. The summed E-state index contributed by atoms with van der Waals surface area (Å²) in [7, 11) is 0. The van der Waals surface area contributed by atoms with Crippen LogP contribution in [-0.4, -0.2) is 42.4 Å². The van der Waals surface area contributed by atoms with Crippen molar-refractivity contribution in [3.05, 3.63) is 54.4 Å². The van der Waals surface area contributed by atoms with Gasteiger partial charge in [0.05, 0.1) is 0 Å². The van der Waals surface area contributed by atoms with Crippen molar-refractivity contribution >= 4 is 22.9 Å². The predicted octanol–water partition coefficient (Wildman–Crippen LogP) is 4.14. The fourth-order valence-electron chi connectivity index (χ4n) is 3.45. The number of anilines is 2. The lowest BCUT2D eigenvalue weighted by atomic mass is 10.1. The summed E-state index contributed by atoms with van der Waals surface area (Å²) in [5.74, 6) is 2.61. The molecule has 2 N–H and O–H groups in total. The molecule has 4 aromatic rings. The normalized spacial score (nSPS) is 11.4. The first kappa shape index (κ1) is 20.8. The van der Waals surface area contributed by atoms with Gasteiger partial charge in [-0.3, -0.25) is 4.57 Å². The van der Waals surface area contributed by atoms with E-state index < -0.39 is 0 Å². The van der Waals surface area contributed by atoms with Crippen LogP contribution in [0, 0.1) is 5.92 Å². The molecule has 0 aliphatic heterocycles. The van der Waals surface area contributed by atoms with Gasteiger partial charge in [-0.15, -0.1) is 0 Å². The van der Waals surface area contributed by atoms with Crippen molar-refractivity contribution in [1.29, 1.82) is 0 Å². The highest BCUT2D eigenvalue weighted by Gasteiger charge is 2.19. The minimum absolute atomic E-state index is 0.489. The van der Waals surface area contributed by atoms with Crippen LogP contribution in [0.1, 0.15) is 32.8 Å². The summed E-state index contributed by atoms with van der Waals surface area (Å²) in [6.45, 7) is 8.87. The Morgan fingerprint density at radius 3 is 2.55 bits per heavy atom. The smallest absolute Gasteiger partial charge is 0.233 e. The van der Waals surface area contributed by atoms with Crippen LogP contribution in [0.25, 0.3) is 17.1 Å². The zero-order valence-electron chi connectivity index (χ0n) is 18.4. The first-order chi connectivity index (χ1) is 15.2. The number of nitrogens with one attached hydrogen (secondary N) is 2. The summed E-state index contributed by atoms with van der Waals surface area (Å²) in [5, 5.41) is 11.3. The van der Waals surface area contributed by atoms with Crippen LogP contribution in [-0.2, 0) is 13.0 Å². The van der Waals surface area contributed by atoms with E-state index in [2.05, 4.69) is 65.3 Å².